The van der Waals surface area contributed by atoms with E-state index in [1.807, 2.05) is 0 Å². The maximum atomic E-state index is 3.60. The van der Waals surface area contributed by atoms with Crippen molar-refractivity contribution in [2.45, 2.75) is 38.6 Å². The third-order valence-corrected chi connectivity index (χ3v) is 3.68. The number of thiophene rings is 1. The van der Waals surface area contributed by atoms with Crippen LogP contribution in [0.5, 0.6) is 0 Å². The van der Waals surface area contributed by atoms with Gasteiger partial charge in [0, 0.05) is 6.04 Å². The first kappa shape index (κ1) is 9.07. The number of nitrogens with one attached hydrogen (secondary N) is 1. The van der Waals surface area contributed by atoms with E-state index in [0.717, 1.165) is 12.0 Å². The molecule has 1 aliphatic carbocycles. The lowest BCUT2D eigenvalue weighted by Gasteiger charge is -2.27. The predicted molar refractivity (Wildman–Crippen MR) is 59.4 cm³/mol. The number of hydrogen-bond acceptors (Lipinski definition) is 2. The molecule has 0 atom stereocenters. The Bertz CT molecular complexity index is 235. The van der Waals surface area contributed by atoms with Crippen LogP contribution < -0.4 is 5.32 Å². The molecule has 0 saturated heterocycles. The maximum absolute atomic E-state index is 3.60. The lowest BCUT2D eigenvalue weighted by atomic mass is 9.87. The van der Waals surface area contributed by atoms with Gasteiger partial charge in [-0.2, -0.15) is 0 Å². The summed E-state index contributed by atoms with van der Waals surface area (Å²) >= 11 is 1.81. The second-order valence-corrected chi connectivity index (χ2v) is 5.03. The fourth-order valence-corrected chi connectivity index (χ4v) is 2.66. The van der Waals surface area contributed by atoms with Gasteiger partial charge in [0.05, 0.1) is 5.00 Å². The second-order valence-electron chi connectivity index (χ2n) is 4.08. The van der Waals surface area contributed by atoms with Crippen molar-refractivity contribution in [2.24, 2.45) is 5.92 Å². The van der Waals surface area contributed by atoms with E-state index < -0.39 is 0 Å². The summed E-state index contributed by atoms with van der Waals surface area (Å²) in [6.07, 6.45) is 5.48. The van der Waals surface area contributed by atoms with E-state index in [0.29, 0.717) is 0 Å². The van der Waals surface area contributed by atoms with Crippen molar-refractivity contribution < 1.29 is 0 Å². The molecule has 1 nitrogen and oxygen atoms in total. The van der Waals surface area contributed by atoms with Gasteiger partial charge in [-0.15, -0.1) is 11.3 Å². The molecule has 72 valence electrons. The highest BCUT2D eigenvalue weighted by Crippen LogP contribution is 2.27. The first-order valence-electron chi connectivity index (χ1n) is 5.14. The number of hydrogen-bond donors (Lipinski definition) is 1. The van der Waals surface area contributed by atoms with Gasteiger partial charge in [0.1, 0.15) is 0 Å². The summed E-state index contributed by atoms with van der Waals surface area (Å²) in [7, 11) is 0. The minimum atomic E-state index is 0.731. The average Bonchev–Trinajstić information content (AvgIpc) is 2.62. The van der Waals surface area contributed by atoms with Gasteiger partial charge in [-0.05, 0) is 49.1 Å². The summed E-state index contributed by atoms with van der Waals surface area (Å²) in [6, 6.07) is 5.01. The second kappa shape index (κ2) is 4.14. The smallest absolute Gasteiger partial charge is 0.0884 e. The van der Waals surface area contributed by atoms with Gasteiger partial charge in [0.15, 0.2) is 0 Å². The number of rotatable bonds is 2. The Morgan fingerprint density at radius 1 is 1.31 bits per heavy atom. The summed E-state index contributed by atoms with van der Waals surface area (Å²) in [6.45, 7) is 2.36. The molecule has 0 aromatic carbocycles. The Morgan fingerprint density at radius 2 is 2.08 bits per heavy atom. The van der Waals surface area contributed by atoms with Crippen molar-refractivity contribution in [2.75, 3.05) is 5.32 Å². The van der Waals surface area contributed by atoms with Crippen LogP contribution in [0.4, 0.5) is 5.00 Å². The van der Waals surface area contributed by atoms with Gasteiger partial charge in [-0.1, -0.05) is 6.92 Å². The van der Waals surface area contributed by atoms with Crippen LogP contribution in [-0.2, 0) is 0 Å². The van der Waals surface area contributed by atoms with E-state index in [1.165, 1.54) is 30.7 Å². The van der Waals surface area contributed by atoms with Crippen LogP contribution in [0, 0.1) is 5.92 Å². The summed E-state index contributed by atoms with van der Waals surface area (Å²) in [5, 5.41) is 7.07. The topological polar surface area (TPSA) is 12.0 Å². The van der Waals surface area contributed by atoms with Gasteiger partial charge >= 0.3 is 0 Å². The normalized spacial score (nSPS) is 28.7. The van der Waals surface area contributed by atoms with E-state index in [2.05, 4.69) is 29.8 Å². The quantitative estimate of drug-likeness (QED) is 0.758. The Balaban J connectivity index is 1.83. The molecular formula is C11H17NS. The molecule has 1 aromatic rings. The van der Waals surface area contributed by atoms with E-state index in [-0.39, 0.29) is 0 Å². The zero-order valence-corrected chi connectivity index (χ0v) is 8.94. The molecular weight excluding hydrogens is 178 g/mol. The van der Waals surface area contributed by atoms with Crippen molar-refractivity contribution >= 4 is 16.3 Å². The van der Waals surface area contributed by atoms with Gasteiger partial charge in [-0.3, -0.25) is 0 Å². The molecule has 0 spiro atoms. The zero-order valence-electron chi connectivity index (χ0n) is 8.12. The van der Waals surface area contributed by atoms with Gasteiger partial charge in [0.2, 0.25) is 0 Å². The third kappa shape index (κ3) is 2.47. The molecule has 13 heavy (non-hydrogen) atoms. The van der Waals surface area contributed by atoms with Crippen molar-refractivity contribution in [3.63, 3.8) is 0 Å². The molecule has 1 aliphatic rings. The lowest BCUT2D eigenvalue weighted by Crippen LogP contribution is -2.24. The number of anilines is 1. The summed E-state index contributed by atoms with van der Waals surface area (Å²) < 4.78 is 0. The summed E-state index contributed by atoms with van der Waals surface area (Å²) in [4.78, 5) is 0. The molecule has 2 heteroatoms. The van der Waals surface area contributed by atoms with E-state index in [9.17, 15) is 0 Å². The van der Waals surface area contributed by atoms with Crippen LogP contribution in [-0.4, -0.2) is 6.04 Å². The highest BCUT2D eigenvalue weighted by atomic mass is 32.1. The van der Waals surface area contributed by atoms with Crippen LogP contribution >= 0.6 is 11.3 Å². The minimum Gasteiger partial charge on any atom is -0.374 e. The van der Waals surface area contributed by atoms with Gasteiger partial charge < -0.3 is 5.32 Å². The van der Waals surface area contributed by atoms with E-state index in [1.54, 1.807) is 11.3 Å². The van der Waals surface area contributed by atoms with Crippen molar-refractivity contribution in [3.05, 3.63) is 17.5 Å². The van der Waals surface area contributed by atoms with Crippen LogP contribution in [0.2, 0.25) is 0 Å². The molecule has 0 bridgehead atoms. The van der Waals surface area contributed by atoms with Crippen LogP contribution in [0.15, 0.2) is 17.5 Å². The van der Waals surface area contributed by atoms with Crippen molar-refractivity contribution in [1.82, 2.24) is 0 Å². The van der Waals surface area contributed by atoms with Gasteiger partial charge in [-0.25, -0.2) is 0 Å². The van der Waals surface area contributed by atoms with E-state index in [4.69, 9.17) is 0 Å². The molecule has 0 unspecified atom stereocenters. The molecule has 2 rings (SSSR count). The molecule has 1 fully saturated rings. The van der Waals surface area contributed by atoms with Crippen molar-refractivity contribution in [1.29, 1.82) is 0 Å². The molecule has 1 heterocycles. The lowest BCUT2D eigenvalue weighted by molar-refractivity contribution is 0.361. The SMILES string of the molecule is CC1CCC(Nc2cccs2)CC1. The fraction of sp³-hybridized carbons (Fsp3) is 0.636. The van der Waals surface area contributed by atoms with Gasteiger partial charge in [0.25, 0.3) is 0 Å². The summed E-state index contributed by atoms with van der Waals surface area (Å²) in [5.74, 6) is 0.946. The molecule has 0 aliphatic heterocycles. The largest absolute Gasteiger partial charge is 0.374 e. The van der Waals surface area contributed by atoms with Crippen LogP contribution in [0.1, 0.15) is 32.6 Å². The predicted octanol–water partition coefficient (Wildman–Crippen LogP) is 3.74. The average molecular weight is 195 g/mol. The fourth-order valence-electron chi connectivity index (χ4n) is 1.97. The first-order chi connectivity index (χ1) is 6.34. The Hall–Kier alpha value is -0.500. The van der Waals surface area contributed by atoms with Crippen LogP contribution in [0.3, 0.4) is 0 Å². The zero-order chi connectivity index (χ0) is 9.10. The Labute approximate surface area is 84.2 Å². The monoisotopic (exact) mass is 195 g/mol. The third-order valence-electron chi connectivity index (χ3n) is 2.88. The highest BCUT2D eigenvalue weighted by molar-refractivity contribution is 7.14. The molecule has 1 saturated carbocycles. The standard InChI is InChI=1S/C11H17NS/c1-9-4-6-10(7-5-9)12-11-3-2-8-13-11/h2-3,8-10,12H,4-7H2,1H3. The minimum absolute atomic E-state index is 0.731. The van der Waals surface area contributed by atoms with Crippen molar-refractivity contribution in [3.8, 4) is 0 Å². The highest BCUT2D eigenvalue weighted by Gasteiger charge is 2.17. The Morgan fingerprint density at radius 3 is 2.69 bits per heavy atom. The molecule has 0 radical (unpaired) electrons. The first-order valence-corrected chi connectivity index (χ1v) is 6.02. The summed E-state index contributed by atoms with van der Waals surface area (Å²) in [5.41, 5.74) is 0. The van der Waals surface area contributed by atoms with Crippen LogP contribution in [0.25, 0.3) is 0 Å². The molecule has 0 amide bonds. The molecule has 1 aromatic heterocycles. The van der Waals surface area contributed by atoms with E-state index >= 15 is 0 Å². The molecule has 1 N–H and O–H groups in total. The Kier molecular flexibility index (Phi) is 2.89. The maximum Gasteiger partial charge on any atom is 0.0884 e.